The number of carbonyl (C=O) groups excluding carboxylic acids is 1. The number of aromatic nitrogens is 2. The Morgan fingerprint density at radius 2 is 2.42 bits per heavy atom. The van der Waals surface area contributed by atoms with E-state index < -0.39 is 0 Å². The fourth-order valence-corrected chi connectivity index (χ4v) is 1.75. The lowest BCUT2D eigenvalue weighted by Gasteiger charge is -2.31. The van der Waals surface area contributed by atoms with E-state index in [4.69, 9.17) is 0 Å². The Balaban J connectivity index is 2.23. The molecule has 0 aromatic carbocycles. The van der Waals surface area contributed by atoms with Crippen LogP contribution in [0.4, 0.5) is 0 Å². The maximum absolute atomic E-state index is 11.0. The molecule has 1 aromatic rings. The van der Waals surface area contributed by atoms with Crippen molar-refractivity contribution < 1.29 is 4.79 Å². The third-order valence-electron chi connectivity index (χ3n) is 2.77. The topological polar surface area (TPSA) is 34.9 Å². The van der Waals surface area contributed by atoms with Gasteiger partial charge in [0.15, 0.2) is 0 Å². The van der Waals surface area contributed by atoms with Crippen LogP contribution in [0.25, 0.3) is 0 Å². The Morgan fingerprint density at radius 3 is 2.83 bits per heavy atom. The Morgan fingerprint density at radius 1 is 1.67 bits per heavy atom. The number of hydrogen-bond acceptors (Lipinski definition) is 2. The first-order valence-corrected chi connectivity index (χ1v) is 4.20. The molecule has 0 radical (unpaired) electrons. The first-order valence-electron chi connectivity index (χ1n) is 4.20. The molecule has 12 heavy (non-hydrogen) atoms. The standard InChI is InChI=1S/C9H12N2O/c1-6-7(5-9(6)12)8-3-4-10-11(8)2/h3-4,6-7H,5H2,1-2H3. The average Bonchev–Trinajstić information content (AvgIpc) is 2.46. The van der Waals surface area contributed by atoms with E-state index in [1.54, 1.807) is 6.20 Å². The number of rotatable bonds is 1. The Kier molecular flexibility index (Phi) is 1.53. The maximum atomic E-state index is 11.0. The molecule has 2 rings (SSSR count). The molecule has 1 heterocycles. The number of hydrogen-bond donors (Lipinski definition) is 0. The van der Waals surface area contributed by atoms with Crippen molar-refractivity contribution in [1.29, 1.82) is 0 Å². The molecule has 3 nitrogen and oxygen atoms in total. The van der Waals surface area contributed by atoms with Gasteiger partial charge in [0, 0.05) is 37.2 Å². The molecular weight excluding hydrogens is 152 g/mol. The largest absolute Gasteiger partial charge is 0.299 e. The zero-order chi connectivity index (χ0) is 8.72. The normalized spacial score (nSPS) is 28.7. The van der Waals surface area contributed by atoms with E-state index in [1.807, 2.05) is 24.7 Å². The van der Waals surface area contributed by atoms with Crippen LogP contribution in [0.2, 0.25) is 0 Å². The molecule has 1 aliphatic carbocycles. The molecule has 2 unspecified atom stereocenters. The Hall–Kier alpha value is -1.12. The van der Waals surface area contributed by atoms with Crippen LogP contribution in [0.15, 0.2) is 12.3 Å². The van der Waals surface area contributed by atoms with E-state index in [2.05, 4.69) is 5.10 Å². The van der Waals surface area contributed by atoms with Gasteiger partial charge in [-0.3, -0.25) is 9.48 Å². The van der Waals surface area contributed by atoms with Crippen LogP contribution >= 0.6 is 0 Å². The fourth-order valence-electron chi connectivity index (χ4n) is 1.75. The summed E-state index contributed by atoms with van der Waals surface area (Å²) in [5, 5.41) is 4.08. The highest BCUT2D eigenvalue weighted by Crippen LogP contribution is 2.38. The van der Waals surface area contributed by atoms with E-state index in [-0.39, 0.29) is 5.92 Å². The lowest BCUT2D eigenvalue weighted by molar-refractivity contribution is -0.130. The quantitative estimate of drug-likeness (QED) is 0.623. The van der Waals surface area contributed by atoms with E-state index in [0.29, 0.717) is 18.1 Å². The van der Waals surface area contributed by atoms with Crippen molar-refractivity contribution in [3.8, 4) is 0 Å². The van der Waals surface area contributed by atoms with Crippen molar-refractivity contribution >= 4 is 5.78 Å². The van der Waals surface area contributed by atoms with Gasteiger partial charge >= 0.3 is 0 Å². The molecule has 0 N–H and O–H groups in total. The van der Waals surface area contributed by atoms with Crippen molar-refractivity contribution in [3.63, 3.8) is 0 Å². The predicted molar refractivity (Wildman–Crippen MR) is 44.7 cm³/mol. The zero-order valence-corrected chi connectivity index (χ0v) is 7.32. The number of nitrogens with zero attached hydrogens (tertiary/aromatic N) is 2. The summed E-state index contributed by atoms with van der Waals surface area (Å²) in [5.74, 6) is 0.978. The van der Waals surface area contributed by atoms with Gasteiger partial charge in [0.1, 0.15) is 5.78 Å². The second-order valence-electron chi connectivity index (χ2n) is 3.45. The van der Waals surface area contributed by atoms with E-state index in [1.165, 1.54) is 5.69 Å². The lowest BCUT2D eigenvalue weighted by Crippen LogP contribution is -2.33. The van der Waals surface area contributed by atoms with Gasteiger partial charge in [-0.25, -0.2) is 0 Å². The molecule has 1 aromatic heterocycles. The summed E-state index contributed by atoms with van der Waals surface area (Å²) in [4.78, 5) is 11.0. The molecule has 1 aliphatic rings. The molecule has 64 valence electrons. The van der Waals surface area contributed by atoms with E-state index in [0.717, 1.165) is 0 Å². The maximum Gasteiger partial charge on any atom is 0.137 e. The smallest absolute Gasteiger partial charge is 0.137 e. The van der Waals surface area contributed by atoms with Crippen LogP contribution < -0.4 is 0 Å². The number of ketones is 1. The molecule has 0 bridgehead atoms. The number of Topliss-reactive ketones (excluding diaryl/α,β-unsaturated/α-hetero) is 1. The molecule has 0 aliphatic heterocycles. The summed E-state index contributed by atoms with van der Waals surface area (Å²) in [6, 6.07) is 1.99. The van der Waals surface area contributed by atoms with Crippen LogP contribution in [0.1, 0.15) is 25.0 Å². The molecule has 1 fully saturated rings. The molecule has 3 heteroatoms. The van der Waals surface area contributed by atoms with Gasteiger partial charge in [-0.15, -0.1) is 0 Å². The van der Waals surface area contributed by atoms with Crippen molar-refractivity contribution in [2.45, 2.75) is 19.3 Å². The Labute approximate surface area is 71.4 Å². The zero-order valence-electron chi connectivity index (χ0n) is 7.32. The number of aryl methyl sites for hydroxylation is 1. The fraction of sp³-hybridized carbons (Fsp3) is 0.556. The van der Waals surface area contributed by atoms with Crippen LogP contribution in [0, 0.1) is 5.92 Å². The van der Waals surface area contributed by atoms with Gasteiger partial charge < -0.3 is 0 Å². The minimum absolute atomic E-state index is 0.195. The second-order valence-corrected chi connectivity index (χ2v) is 3.45. The molecule has 2 atom stereocenters. The lowest BCUT2D eigenvalue weighted by atomic mass is 9.72. The minimum Gasteiger partial charge on any atom is -0.299 e. The SMILES string of the molecule is CC1C(=O)CC1c1ccnn1C. The van der Waals surface area contributed by atoms with Crippen LogP contribution in [0.5, 0.6) is 0 Å². The van der Waals surface area contributed by atoms with Gasteiger partial charge in [-0.1, -0.05) is 6.92 Å². The highest BCUT2D eigenvalue weighted by molar-refractivity contribution is 5.88. The monoisotopic (exact) mass is 164 g/mol. The average molecular weight is 164 g/mol. The third-order valence-corrected chi connectivity index (χ3v) is 2.77. The van der Waals surface area contributed by atoms with Crippen LogP contribution in [0.3, 0.4) is 0 Å². The molecular formula is C9H12N2O. The van der Waals surface area contributed by atoms with Crippen LogP contribution in [-0.4, -0.2) is 15.6 Å². The first kappa shape index (κ1) is 7.53. The third kappa shape index (κ3) is 0.891. The molecule has 0 saturated heterocycles. The number of carbonyl (C=O) groups is 1. The first-order chi connectivity index (χ1) is 5.70. The predicted octanol–water partition coefficient (Wildman–Crippen LogP) is 1.11. The summed E-state index contributed by atoms with van der Waals surface area (Å²) < 4.78 is 1.85. The van der Waals surface area contributed by atoms with Crippen molar-refractivity contribution in [2.24, 2.45) is 13.0 Å². The van der Waals surface area contributed by atoms with E-state index >= 15 is 0 Å². The summed E-state index contributed by atoms with van der Waals surface area (Å²) in [6.07, 6.45) is 2.48. The molecule has 1 saturated carbocycles. The van der Waals surface area contributed by atoms with Crippen LogP contribution in [-0.2, 0) is 11.8 Å². The minimum atomic E-state index is 0.195. The second kappa shape index (κ2) is 2.44. The van der Waals surface area contributed by atoms with Gasteiger partial charge in [0.25, 0.3) is 0 Å². The van der Waals surface area contributed by atoms with Crippen molar-refractivity contribution in [1.82, 2.24) is 9.78 Å². The highest BCUT2D eigenvalue weighted by atomic mass is 16.1. The Bertz CT molecular complexity index is 316. The van der Waals surface area contributed by atoms with Crippen molar-refractivity contribution in [2.75, 3.05) is 0 Å². The molecule has 0 amide bonds. The summed E-state index contributed by atoms with van der Waals surface area (Å²) in [7, 11) is 1.92. The van der Waals surface area contributed by atoms with Gasteiger partial charge in [0.05, 0.1) is 0 Å². The van der Waals surface area contributed by atoms with Gasteiger partial charge in [0.2, 0.25) is 0 Å². The van der Waals surface area contributed by atoms with Gasteiger partial charge in [-0.05, 0) is 6.07 Å². The van der Waals surface area contributed by atoms with E-state index in [9.17, 15) is 4.79 Å². The summed E-state index contributed by atoms with van der Waals surface area (Å²) >= 11 is 0. The summed E-state index contributed by atoms with van der Waals surface area (Å²) in [5.41, 5.74) is 1.18. The highest BCUT2D eigenvalue weighted by Gasteiger charge is 2.38. The molecule has 0 spiro atoms. The van der Waals surface area contributed by atoms with Crippen molar-refractivity contribution in [3.05, 3.63) is 18.0 Å². The summed E-state index contributed by atoms with van der Waals surface area (Å²) in [6.45, 7) is 1.99. The van der Waals surface area contributed by atoms with Gasteiger partial charge in [-0.2, -0.15) is 5.10 Å².